The van der Waals surface area contributed by atoms with Gasteiger partial charge in [-0.1, -0.05) is 66.7 Å². The van der Waals surface area contributed by atoms with Crippen LogP contribution in [0.5, 0.6) is 17.4 Å². The third-order valence-corrected chi connectivity index (χ3v) is 6.63. The molecule has 6 aromatic rings. The molecule has 0 bridgehead atoms. The van der Waals surface area contributed by atoms with Crippen LogP contribution in [-0.2, 0) is 0 Å². The normalized spacial score (nSPS) is 11.0. The van der Waals surface area contributed by atoms with Gasteiger partial charge in [0.1, 0.15) is 11.5 Å². The Balaban J connectivity index is 1.47. The molecular weight excluding hydrogens is 468 g/mol. The average molecular weight is 495 g/mol. The third-order valence-electron chi connectivity index (χ3n) is 6.63. The molecule has 0 aliphatic carbocycles. The largest absolute Gasteiger partial charge is 0.507 e. The van der Waals surface area contributed by atoms with Crippen molar-refractivity contribution in [2.24, 2.45) is 0 Å². The molecule has 0 aliphatic rings. The first-order chi connectivity index (χ1) is 18.5. The minimum atomic E-state index is 0.248. The molecule has 184 valence electrons. The van der Waals surface area contributed by atoms with Crippen molar-refractivity contribution in [3.63, 3.8) is 0 Å². The number of ether oxygens (including phenoxy) is 1. The molecule has 0 atom stereocenters. The first-order valence-electron chi connectivity index (χ1n) is 12.6. The summed E-state index contributed by atoms with van der Waals surface area (Å²) in [5, 5.41) is 13.0. The van der Waals surface area contributed by atoms with Gasteiger partial charge >= 0.3 is 0 Å². The number of pyridine rings is 2. The maximum absolute atomic E-state index is 10.9. The Kier molecular flexibility index (Phi) is 6.06. The van der Waals surface area contributed by atoms with Crippen molar-refractivity contribution in [1.82, 2.24) is 9.97 Å². The zero-order valence-electron chi connectivity index (χ0n) is 21.2. The van der Waals surface area contributed by atoms with Gasteiger partial charge in [0.2, 0.25) is 5.88 Å². The lowest BCUT2D eigenvalue weighted by Gasteiger charge is -2.14. The van der Waals surface area contributed by atoms with Crippen molar-refractivity contribution in [2.75, 3.05) is 0 Å². The van der Waals surface area contributed by atoms with E-state index in [0.29, 0.717) is 22.9 Å². The molecule has 1 N–H and O–H groups in total. The van der Waals surface area contributed by atoms with Crippen molar-refractivity contribution in [2.45, 2.75) is 13.8 Å². The predicted molar refractivity (Wildman–Crippen MR) is 154 cm³/mol. The number of benzene rings is 4. The van der Waals surface area contributed by atoms with Gasteiger partial charge in [-0.2, -0.15) is 0 Å². The lowest BCUT2D eigenvalue weighted by atomic mass is 9.97. The van der Waals surface area contributed by atoms with E-state index < -0.39 is 0 Å². The van der Waals surface area contributed by atoms with Crippen LogP contribution in [0.1, 0.15) is 11.1 Å². The number of phenols is 1. The lowest BCUT2D eigenvalue weighted by Crippen LogP contribution is -1.94. The number of hydrogen-bond acceptors (Lipinski definition) is 4. The molecule has 0 aliphatic heterocycles. The monoisotopic (exact) mass is 494 g/mol. The summed E-state index contributed by atoms with van der Waals surface area (Å²) in [7, 11) is 0. The highest BCUT2D eigenvalue weighted by molar-refractivity contribution is 5.87. The molecule has 0 spiro atoms. The SMILES string of the molecule is Cc1cc(C)c(O)c(-c2cc(-c3ccccc3)cc(-c3cccc(Oc4nccc5ccccc45)c3)n2)c1. The minimum Gasteiger partial charge on any atom is -0.507 e. The fourth-order valence-corrected chi connectivity index (χ4v) is 4.77. The van der Waals surface area contributed by atoms with E-state index in [1.165, 1.54) is 0 Å². The Hall–Kier alpha value is -4.96. The highest BCUT2D eigenvalue weighted by Gasteiger charge is 2.14. The van der Waals surface area contributed by atoms with Gasteiger partial charge in [0, 0.05) is 22.7 Å². The molecule has 4 nitrogen and oxygen atoms in total. The summed E-state index contributed by atoms with van der Waals surface area (Å²) in [6.07, 6.45) is 1.76. The molecule has 2 aromatic heterocycles. The Labute approximate surface area is 221 Å². The van der Waals surface area contributed by atoms with Gasteiger partial charge in [0.25, 0.3) is 0 Å². The number of hydrogen-bond donors (Lipinski definition) is 1. The summed E-state index contributed by atoms with van der Waals surface area (Å²) in [6, 6.07) is 36.2. The number of aromatic hydroxyl groups is 1. The van der Waals surface area contributed by atoms with Crippen LogP contribution in [0.25, 0.3) is 44.4 Å². The molecule has 0 fully saturated rings. The van der Waals surface area contributed by atoms with E-state index in [9.17, 15) is 5.11 Å². The highest BCUT2D eigenvalue weighted by Crippen LogP contribution is 2.37. The summed E-state index contributed by atoms with van der Waals surface area (Å²) >= 11 is 0. The quantitative estimate of drug-likeness (QED) is 0.260. The predicted octanol–water partition coefficient (Wildman–Crippen LogP) is 8.75. The second kappa shape index (κ2) is 9.83. The molecule has 4 heteroatoms. The summed E-state index contributed by atoms with van der Waals surface area (Å²) in [5.74, 6) is 1.49. The number of aryl methyl sites for hydroxylation is 2. The van der Waals surface area contributed by atoms with Gasteiger partial charge < -0.3 is 9.84 Å². The van der Waals surface area contributed by atoms with Crippen LogP contribution in [0.3, 0.4) is 0 Å². The molecule has 0 saturated carbocycles. The first kappa shape index (κ1) is 23.4. The molecule has 4 aromatic carbocycles. The standard InChI is InChI=1S/C34H26N2O2/c1-22-17-23(2)33(37)30(18-22)32-21-27(24-9-4-3-5-10-24)20-31(36-32)26-12-8-13-28(19-26)38-34-29-14-7-6-11-25(29)15-16-35-34/h3-21,37H,1-2H3. The van der Waals surface area contributed by atoms with Crippen molar-refractivity contribution in [3.05, 3.63) is 127 Å². The summed E-state index contributed by atoms with van der Waals surface area (Å²) in [4.78, 5) is 9.48. The first-order valence-corrected chi connectivity index (χ1v) is 12.6. The van der Waals surface area contributed by atoms with Crippen LogP contribution in [0.15, 0.2) is 115 Å². The number of rotatable bonds is 5. The van der Waals surface area contributed by atoms with Crippen LogP contribution >= 0.6 is 0 Å². The van der Waals surface area contributed by atoms with Gasteiger partial charge in [-0.15, -0.1) is 0 Å². The lowest BCUT2D eigenvalue weighted by molar-refractivity contribution is 0.469. The second-order valence-corrected chi connectivity index (χ2v) is 9.44. The van der Waals surface area contributed by atoms with E-state index >= 15 is 0 Å². The Morgan fingerprint density at radius 2 is 1.42 bits per heavy atom. The molecule has 0 radical (unpaired) electrons. The zero-order valence-corrected chi connectivity index (χ0v) is 21.2. The van der Waals surface area contributed by atoms with Crippen molar-refractivity contribution < 1.29 is 9.84 Å². The molecular formula is C34H26N2O2. The topological polar surface area (TPSA) is 55.2 Å². The van der Waals surface area contributed by atoms with E-state index in [4.69, 9.17) is 9.72 Å². The smallest absolute Gasteiger partial charge is 0.227 e. The Morgan fingerprint density at radius 1 is 0.658 bits per heavy atom. The van der Waals surface area contributed by atoms with E-state index in [1.54, 1.807) is 6.20 Å². The van der Waals surface area contributed by atoms with Gasteiger partial charge in [0.15, 0.2) is 0 Å². The van der Waals surface area contributed by atoms with Gasteiger partial charge in [-0.3, -0.25) is 0 Å². The summed E-state index contributed by atoms with van der Waals surface area (Å²) in [5.41, 5.74) is 7.12. The van der Waals surface area contributed by atoms with Gasteiger partial charge in [-0.05, 0) is 84.0 Å². The average Bonchev–Trinajstić information content (AvgIpc) is 2.95. The van der Waals surface area contributed by atoms with Crippen LogP contribution < -0.4 is 4.74 Å². The Morgan fingerprint density at radius 3 is 2.29 bits per heavy atom. The van der Waals surface area contributed by atoms with Gasteiger partial charge in [-0.25, -0.2) is 9.97 Å². The van der Waals surface area contributed by atoms with Crippen molar-refractivity contribution in [3.8, 4) is 51.0 Å². The van der Waals surface area contributed by atoms with E-state index in [0.717, 1.165) is 44.3 Å². The maximum Gasteiger partial charge on any atom is 0.227 e. The number of nitrogens with zero attached hydrogens (tertiary/aromatic N) is 2. The van der Waals surface area contributed by atoms with Crippen molar-refractivity contribution in [1.29, 1.82) is 0 Å². The molecule has 0 amide bonds. The summed E-state index contributed by atoms with van der Waals surface area (Å²) in [6.45, 7) is 3.94. The van der Waals surface area contributed by atoms with Gasteiger partial charge in [0.05, 0.1) is 11.4 Å². The van der Waals surface area contributed by atoms with E-state index in [1.807, 2.05) is 105 Å². The molecule has 2 heterocycles. The number of phenolic OH excluding ortho intramolecular Hbond substituents is 1. The fraction of sp³-hybridized carbons (Fsp3) is 0.0588. The molecule has 6 rings (SSSR count). The number of fused-ring (bicyclic) bond motifs is 1. The van der Waals surface area contributed by atoms with Crippen LogP contribution in [0.2, 0.25) is 0 Å². The minimum absolute atomic E-state index is 0.248. The van der Waals surface area contributed by atoms with E-state index in [2.05, 4.69) is 23.2 Å². The maximum atomic E-state index is 10.9. The number of aromatic nitrogens is 2. The fourth-order valence-electron chi connectivity index (χ4n) is 4.77. The zero-order chi connectivity index (χ0) is 26.1. The summed E-state index contributed by atoms with van der Waals surface area (Å²) < 4.78 is 6.26. The molecule has 0 unspecified atom stereocenters. The third kappa shape index (κ3) is 4.60. The Bertz CT molecular complexity index is 1770. The van der Waals surface area contributed by atoms with Crippen LogP contribution in [0, 0.1) is 13.8 Å². The van der Waals surface area contributed by atoms with E-state index in [-0.39, 0.29) is 5.75 Å². The molecule has 38 heavy (non-hydrogen) atoms. The van der Waals surface area contributed by atoms with Crippen LogP contribution in [-0.4, -0.2) is 15.1 Å². The highest BCUT2D eigenvalue weighted by atomic mass is 16.5. The second-order valence-electron chi connectivity index (χ2n) is 9.44. The molecule has 0 saturated heterocycles. The van der Waals surface area contributed by atoms with Crippen LogP contribution in [0.4, 0.5) is 0 Å². The van der Waals surface area contributed by atoms with Crippen molar-refractivity contribution >= 4 is 10.8 Å².